The number of hydrogen-bond acceptors (Lipinski definition) is 4. The Bertz CT molecular complexity index is 355. The van der Waals surface area contributed by atoms with Crippen LogP contribution in [0.1, 0.15) is 0 Å². The van der Waals surface area contributed by atoms with Crippen LogP contribution in [0.2, 0.25) is 0 Å². The van der Waals surface area contributed by atoms with Crippen molar-refractivity contribution in [2.75, 3.05) is 0 Å². The van der Waals surface area contributed by atoms with Crippen LogP contribution in [-0.4, -0.2) is 19.7 Å². The van der Waals surface area contributed by atoms with Crippen molar-refractivity contribution >= 4 is 15.9 Å². The molecule has 0 saturated heterocycles. The molecule has 0 spiro atoms. The predicted molar refractivity (Wildman–Crippen MR) is 44.2 cm³/mol. The van der Waals surface area contributed by atoms with Gasteiger partial charge in [0.1, 0.15) is 5.69 Å². The number of halogens is 1. The molecule has 12 heavy (non-hydrogen) atoms. The second kappa shape index (κ2) is 2.71. The maximum Gasteiger partial charge on any atom is 0.285 e. The zero-order valence-electron chi connectivity index (χ0n) is 6.23. The van der Waals surface area contributed by atoms with E-state index in [9.17, 15) is 0 Å². The van der Waals surface area contributed by atoms with Gasteiger partial charge in [-0.1, -0.05) is 0 Å². The summed E-state index contributed by atoms with van der Waals surface area (Å²) >= 11 is 3.06. The summed E-state index contributed by atoms with van der Waals surface area (Å²) in [4.78, 5) is 4.41. The molecule has 62 valence electrons. The highest BCUT2D eigenvalue weighted by Gasteiger charge is 2.08. The third-order valence-electron chi connectivity index (χ3n) is 1.32. The lowest BCUT2D eigenvalue weighted by atomic mass is 10.5. The van der Waals surface area contributed by atoms with E-state index in [4.69, 9.17) is 4.42 Å². The lowest BCUT2D eigenvalue weighted by molar-refractivity contribution is 0.538. The van der Waals surface area contributed by atoms with E-state index in [1.807, 2.05) is 11.6 Å². The van der Waals surface area contributed by atoms with Gasteiger partial charge in [0.2, 0.25) is 0 Å². The number of aryl methyl sites for hydroxylation is 1. The largest absolute Gasteiger partial charge is 0.409 e. The van der Waals surface area contributed by atoms with E-state index in [-0.39, 0.29) is 0 Å². The van der Waals surface area contributed by atoms with Gasteiger partial charge in [0.05, 0.1) is 6.33 Å². The molecule has 0 saturated carbocycles. The molecule has 0 amide bonds. The Morgan fingerprint density at radius 3 is 2.83 bits per heavy atom. The van der Waals surface area contributed by atoms with Crippen molar-refractivity contribution in [3.63, 3.8) is 0 Å². The highest BCUT2D eigenvalue weighted by Crippen LogP contribution is 2.16. The quantitative estimate of drug-likeness (QED) is 0.737. The van der Waals surface area contributed by atoms with Crippen molar-refractivity contribution < 1.29 is 4.42 Å². The van der Waals surface area contributed by atoms with Gasteiger partial charge >= 0.3 is 0 Å². The molecule has 0 N–H and O–H groups in total. The van der Waals surface area contributed by atoms with Gasteiger partial charge in [-0.05, 0) is 0 Å². The second-order valence-electron chi connectivity index (χ2n) is 2.28. The van der Waals surface area contributed by atoms with Crippen LogP contribution in [0.4, 0.5) is 0 Å². The van der Waals surface area contributed by atoms with Gasteiger partial charge in [0.25, 0.3) is 10.7 Å². The summed E-state index contributed by atoms with van der Waals surface area (Å²) in [5, 5.41) is 7.41. The molecule has 2 rings (SSSR count). The van der Waals surface area contributed by atoms with Gasteiger partial charge in [-0.15, -0.1) is 10.2 Å². The minimum Gasteiger partial charge on any atom is -0.409 e. The molecule has 2 heterocycles. The molecule has 0 radical (unpaired) electrons. The van der Waals surface area contributed by atoms with Gasteiger partial charge in [-0.25, -0.2) is 4.98 Å². The third-order valence-corrected chi connectivity index (χ3v) is 1.64. The maximum atomic E-state index is 5.10. The third kappa shape index (κ3) is 1.25. The fourth-order valence-electron chi connectivity index (χ4n) is 0.832. The SMILES string of the molecule is Cn1cnc(-c2nnc(Br)o2)c1. The van der Waals surface area contributed by atoms with E-state index >= 15 is 0 Å². The standard InChI is InChI=1S/C6H5BrN4O/c1-11-2-4(8-3-11)5-9-10-6(7)12-5/h2-3H,1H3. The van der Waals surface area contributed by atoms with Crippen LogP contribution in [0.25, 0.3) is 11.6 Å². The highest BCUT2D eigenvalue weighted by molar-refractivity contribution is 9.10. The first-order valence-electron chi connectivity index (χ1n) is 3.23. The zero-order valence-corrected chi connectivity index (χ0v) is 7.82. The molecule has 6 heteroatoms. The minimum atomic E-state index is 0.364. The van der Waals surface area contributed by atoms with Crippen molar-refractivity contribution in [2.24, 2.45) is 7.05 Å². The number of imidazole rings is 1. The Kier molecular flexibility index (Phi) is 1.69. The molecule has 2 aromatic rings. The molecule has 0 fully saturated rings. The van der Waals surface area contributed by atoms with Crippen LogP contribution in [0.15, 0.2) is 21.7 Å². The summed E-state index contributed by atoms with van der Waals surface area (Å²) in [6, 6.07) is 0. The second-order valence-corrected chi connectivity index (χ2v) is 2.96. The van der Waals surface area contributed by atoms with E-state index in [0.717, 1.165) is 0 Å². The summed E-state index contributed by atoms with van der Waals surface area (Å²) in [5.41, 5.74) is 0.677. The molecule has 0 atom stereocenters. The molecule has 0 bridgehead atoms. The highest BCUT2D eigenvalue weighted by atomic mass is 79.9. The topological polar surface area (TPSA) is 56.7 Å². The molecule has 0 aromatic carbocycles. The first kappa shape index (κ1) is 7.48. The van der Waals surface area contributed by atoms with Crippen molar-refractivity contribution in [3.05, 3.63) is 17.3 Å². The molecular weight excluding hydrogens is 224 g/mol. The average Bonchev–Trinajstić information content (AvgIpc) is 2.58. The molecule has 5 nitrogen and oxygen atoms in total. The van der Waals surface area contributed by atoms with Gasteiger partial charge in [-0.3, -0.25) is 0 Å². The Labute approximate surface area is 76.6 Å². The number of aromatic nitrogens is 4. The molecule has 2 aromatic heterocycles. The van der Waals surface area contributed by atoms with Crippen LogP contribution in [0, 0.1) is 0 Å². The van der Waals surface area contributed by atoms with E-state index in [1.165, 1.54) is 0 Å². The smallest absolute Gasteiger partial charge is 0.285 e. The van der Waals surface area contributed by atoms with Crippen LogP contribution < -0.4 is 0 Å². The Morgan fingerprint density at radius 1 is 1.50 bits per heavy atom. The van der Waals surface area contributed by atoms with Crippen LogP contribution in [0.5, 0.6) is 0 Å². The fourth-order valence-corrected chi connectivity index (χ4v) is 1.06. The normalized spacial score (nSPS) is 10.5. The minimum absolute atomic E-state index is 0.364. The summed E-state index contributed by atoms with van der Waals surface area (Å²) in [6.45, 7) is 0. The summed E-state index contributed by atoms with van der Waals surface area (Å²) < 4.78 is 6.91. The van der Waals surface area contributed by atoms with Gasteiger partial charge in [0.15, 0.2) is 0 Å². The molecule has 0 aliphatic rings. The summed E-state index contributed by atoms with van der Waals surface area (Å²) in [6.07, 6.45) is 3.48. The first-order chi connectivity index (χ1) is 5.75. The molecule has 0 aliphatic heterocycles. The lowest BCUT2D eigenvalue weighted by Crippen LogP contribution is -1.78. The van der Waals surface area contributed by atoms with E-state index in [1.54, 1.807) is 12.5 Å². The van der Waals surface area contributed by atoms with Gasteiger partial charge in [-0.2, -0.15) is 0 Å². The van der Waals surface area contributed by atoms with Crippen molar-refractivity contribution in [1.29, 1.82) is 0 Å². The van der Waals surface area contributed by atoms with Crippen molar-refractivity contribution in [1.82, 2.24) is 19.7 Å². The molecule has 0 unspecified atom stereocenters. The van der Waals surface area contributed by atoms with E-state index < -0.39 is 0 Å². The molecular formula is C6H5BrN4O. The van der Waals surface area contributed by atoms with E-state index in [0.29, 0.717) is 16.4 Å². The molecule has 0 aliphatic carbocycles. The van der Waals surface area contributed by atoms with Crippen molar-refractivity contribution in [2.45, 2.75) is 0 Å². The lowest BCUT2D eigenvalue weighted by Gasteiger charge is -1.83. The van der Waals surface area contributed by atoms with Crippen LogP contribution in [0.3, 0.4) is 0 Å². The Morgan fingerprint density at radius 2 is 2.33 bits per heavy atom. The maximum absolute atomic E-state index is 5.10. The number of rotatable bonds is 1. The van der Waals surface area contributed by atoms with Gasteiger partial charge < -0.3 is 8.98 Å². The zero-order chi connectivity index (χ0) is 8.55. The van der Waals surface area contributed by atoms with Crippen LogP contribution >= 0.6 is 15.9 Å². The summed E-state index contributed by atoms with van der Waals surface area (Å²) in [5.74, 6) is 0.419. The van der Waals surface area contributed by atoms with E-state index in [2.05, 4.69) is 31.1 Å². The Balaban J connectivity index is 2.43. The summed E-state index contributed by atoms with van der Waals surface area (Å²) in [7, 11) is 1.88. The van der Waals surface area contributed by atoms with Crippen molar-refractivity contribution in [3.8, 4) is 11.6 Å². The number of hydrogen-bond donors (Lipinski definition) is 0. The first-order valence-corrected chi connectivity index (χ1v) is 4.02. The fraction of sp³-hybridized carbons (Fsp3) is 0.167. The Hall–Kier alpha value is -1.17. The predicted octanol–water partition coefficient (Wildman–Crippen LogP) is 1.23. The van der Waals surface area contributed by atoms with Crippen LogP contribution in [-0.2, 0) is 7.05 Å². The average molecular weight is 229 g/mol. The monoisotopic (exact) mass is 228 g/mol. The number of nitrogens with zero attached hydrogens (tertiary/aromatic N) is 4. The van der Waals surface area contributed by atoms with Gasteiger partial charge in [0, 0.05) is 29.2 Å².